The highest BCUT2D eigenvalue weighted by atomic mass is 32.2. The molecule has 1 aromatic heterocycles. The van der Waals surface area contributed by atoms with Gasteiger partial charge < -0.3 is 9.67 Å². The highest BCUT2D eigenvalue weighted by Gasteiger charge is 2.10. The summed E-state index contributed by atoms with van der Waals surface area (Å²) in [5.41, 5.74) is 2.97. The van der Waals surface area contributed by atoms with Crippen molar-refractivity contribution in [3.8, 4) is 0 Å². The largest absolute Gasteiger partial charge is 0.388 e. The molecule has 21 heavy (non-hydrogen) atoms. The molecule has 1 atom stereocenters. The van der Waals surface area contributed by atoms with Crippen LogP contribution in [0, 0.1) is 0 Å². The topological polar surface area (TPSA) is 55.1 Å². The van der Waals surface area contributed by atoms with E-state index in [1.165, 1.54) is 0 Å². The van der Waals surface area contributed by atoms with Crippen molar-refractivity contribution in [2.24, 2.45) is 0 Å². The molecule has 0 aliphatic carbocycles. The number of para-hydroxylation sites is 2. The Morgan fingerprint density at radius 3 is 2.52 bits per heavy atom. The molecule has 5 heteroatoms. The minimum atomic E-state index is -0.963. The van der Waals surface area contributed by atoms with Crippen LogP contribution in [0.4, 0.5) is 0 Å². The minimum Gasteiger partial charge on any atom is -0.388 e. The third-order valence-corrected chi connectivity index (χ3v) is 4.41. The van der Waals surface area contributed by atoms with Crippen LogP contribution < -0.4 is 0 Å². The molecule has 0 aliphatic rings. The van der Waals surface area contributed by atoms with E-state index in [0.29, 0.717) is 12.4 Å². The average Bonchev–Trinajstić information content (AvgIpc) is 2.86. The number of imidazole rings is 1. The van der Waals surface area contributed by atoms with E-state index in [1.54, 1.807) is 6.26 Å². The summed E-state index contributed by atoms with van der Waals surface area (Å²) < 4.78 is 13.4. The van der Waals surface area contributed by atoms with Crippen LogP contribution in [0.15, 0.2) is 53.4 Å². The molecule has 1 heterocycles. The summed E-state index contributed by atoms with van der Waals surface area (Å²) in [5, 5.41) is 9.49. The van der Waals surface area contributed by atoms with Gasteiger partial charge in [0.05, 0.1) is 11.0 Å². The molecule has 0 bridgehead atoms. The molecule has 0 amide bonds. The van der Waals surface area contributed by atoms with E-state index >= 15 is 0 Å². The Hall–Kier alpha value is -1.98. The summed E-state index contributed by atoms with van der Waals surface area (Å²) >= 11 is 0. The molecule has 1 N–H and O–H groups in total. The lowest BCUT2D eigenvalue weighted by molar-refractivity contribution is 0.267. The van der Waals surface area contributed by atoms with Crippen molar-refractivity contribution in [3.63, 3.8) is 0 Å². The number of aliphatic hydroxyl groups excluding tert-OH is 1. The van der Waals surface area contributed by atoms with Gasteiger partial charge >= 0.3 is 0 Å². The predicted molar refractivity (Wildman–Crippen MR) is 83.5 cm³/mol. The van der Waals surface area contributed by atoms with Crippen LogP contribution in [-0.2, 0) is 24.0 Å². The Morgan fingerprint density at radius 1 is 1.14 bits per heavy atom. The van der Waals surface area contributed by atoms with Gasteiger partial charge in [0.2, 0.25) is 0 Å². The van der Waals surface area contributed by atoms with Gasteiger partial charge in [0, 0.05) is 28.5 Å². The second-order valence-corrected chi connectivity index (χ2v) is 6.24. The smallest absolute Gasteiger partial charge is 0.136 e. The number of hydrogen-bond acceptors (Lipinski definition) is 3. The van der Waals surface area contributed by atoms with Crippen LogP contribution >= 0.6 is 0 Å². The second-order valence-electron chi connectivity index (χ2n) is 4.86. The zero-order valence-electron chi connectivity index (χ0n) is 11.7. The van der Waals surface area contributed by atoms with E-state index in [9.17, 15) is 9.32 Å². The first-order valence-electron chi connectivity index (χ1n) is 6.66. The van der Waals surface area contributed by atoms with Gasteiger partial charge in [0.15, 0.2) is 0 Å². The summed E-state index contributed by atoms with van der Waals surface area (Å²) in [6.45, 7) is 0.540. The van der Waals surface area contributed by atoms with Crippen LogP contribution in [0.5, 0.6) is 0 Å². The first-order valence-corrected chi connectivity index (χ1v) is 8.22. The normalized spacial score (nSPS) is 12.7. The second kappa shape index (κ2) is 5.79. The molecule has 0 aliphatic heterocycles. The Bertz CT molecular complexity index is 794. The van der Waals surface area contributed by atoms with Gasteiger partial charge in [-0.05, 0) is 29.8 Å². The standard InChI is InChI=1S/C16H16N2O2S/c1-21(20)13-8-6-12(7-9-13)10-18-15-5-3-2-4-14(15)17-16(18)11-19/h2-9,19H,10-11H2,1H3. The average molecular weight is 300 g/mol. The van der Waals surface area contributed by atoms with Crippen LogP contribution in [0.1, 0.15) is 11.4 Å². The van der Waals surface area contributed by atoms with E-state index in [-0.39, 0.29) is 6.61 Å². The molecule has 108 valence electrons. The molecule has 4 nitrogen and oxygen atoms in total. The fraction of sp³-hybridized carbons (Fsp3) is 0.188. The summed E-state index contributed by atoms with van der Waals surface area (Å²) in [6.07, 6.45) is 1.67. The molecule has 3 aromatic rings. The Kier molecular flexibility index (Phi) is 3.86. The van der Waals surface area contributed by atoms with Crippen molar-refractivity contribution < 1.29 is 9.32 Å². The van der Waals surface area contributed by atoms with Gasteiger partial charge in [-0.2, -0.15) is 0 Å². The fourth-order valence-corrected chi connectivity index (χ4v) is 2.91. The zero-order valence-corrected chi connectivity index (χ0v) is 12.5. The first kappa shape index (κ1) is 14.0. The third kappa shape index (κ3) is 2.75. The molecule has 0 saturated carbocycles. The van der Waals surface area contributed by atoms with Crippen LogP contribution in [0.25, 0.3) is 11.0 Å². The van der Waals surface area contributed by atoms with E-state index < -0.39 is 10.8 Å². The van der Waals surface area contributed by atoms with Crippen molar-refractivity contribution in [1.82, 2.24) is 9.55 Å². The summed E-state index contributed by atoms with van der Waals surface area (Å²) in [6, 6.07) is 15.5. The predicted octanol–water partition coefficient (Wildman–Crippen LogP) is 2.31. The number of fused-ring (bicyclic) bond motifs is 1. The van der Waals surface area contributed by atoms with Gasteiger partial charge in [-0.3, -0.25) is 4.21 Å². The van der Waals surface area contributed by atoms with Gasteiger partial charge in [0.25, 0.3) is 0 Å². The Labute approximate surface area is 125 Å². The lowest BCUT2D eigenvalue weighted by Crippen LogP contribution is -2.05. The fourth-order valence-electron chi connectivity index (χ4n) is 2.39. The Balaban J connectivity index is 1.99. The van der Waals surface area contributed by atoms with Crippen molar-refractivity contribution in [3.05, 3.63) is 59.9 Å². The van der Waals surface area contributed by atoms with E-state index in [1.807, 2.05) is 53.1 Å². The molecule has 0 spiro atoms. The highest BCUT2D eigenvalue weighted by molar-refractivity contribution is 7.84. The Morgan fingerprint density at radius 2 is 1.86 bits per heavy atom. The summed E-state index contributed by atoms with van der Waals surface area (Å²) in [7, 11) is -0.963. The van der Waals surface area contributed by atoms with Crippen LogP contribution in [0.3, 0.4) is 0 Å². The SMILES string of the molecule is CS(=O)c1ccc(Cn2c(CO)nc3ccccc32)cc1. The van der Waals surface area contributed by atoms with Gasteiger partial charge in [-0.25, -0.2) is 4.98 Å². The van der Waals surface area contributed by atoms with Crippen molar-refractivity contribution in [2.75, 3.05) is 6.26 Å². The molecular weight excluding hydrogens is 284 g/mol. The number of aromatic nitrogens is 2. The zero-order chi connectivity index (χ0) is 14.8. The first-order chi connectivity index (χ1) is 10.2. The number of nitrogens with zero attached hydrogens (tertiary/aromatic N) is 2. The summed E-state index contributed by atoms with van der Waals surface area (Å²) in [5.74, 6) is 0.652. The van der Waals surface area contributed by atoms with E-state index in [4.69, 9.17) is 0 Å². The van der Waals surface area contributed by atoms with Crippen molar-refractivity contribution in [1.29, 1.82) is 0 Å². The molecule has 0 fully saturated rings. The quantitative estimate of drug-likeness (QED) is 0.804. The lowest BCUT2D eigenvalue weighted by Gasteiger charge is -2.08. The monoisotopic (exact) mass is 300 g/mol. The number of aliphatic hydroxyl groups is 1. The van der Waals surface area contributed by atoms with Gasteiger partial charge in [0.1, 0.15) is 12.4 Å². The van der Waals surface area contributed by atoms with E-state index in [0.717, 1.165) is 21.5 Å². The molecule has 0 saturated heterocycles. The van der Waals surface area contributed by atoms with Crippen molar-refractivity contribution >= 4 is 21.8 Å². The maximum atomic E-state index is 11.4. The molecule has 0 radical (unpaired) electrons. The lowest BCUT2D eigenvalue weighted by atomic mass is 10.2. The third-order valence-electron chi connectivity index (χ3n) is 3.47. The maximum Gasteiger partial charge on any atom is 0.136 e. The number of hydrogen-bond donors (Lipinski definition) is 1. The summed E-state index contributed by atoms with van der Waals surface area (Å²) in [4.78, 5) is 5.25. The number of rotatable bonds is 4. The minimum absolute atomic E-state index is 0.0915. The molecule has 1 unspecified atom stereocenters. The van der Waals surface area contributed by atoms with Gasteiger partial charge in [-0.1, -0.05) is 24.3 Å². The molecule has 3 rings (SSSR count). The van der Waals surface area contributed by atoms with Crippen molar-refractivity contribution in [2.45, 2.75) is 18.0 Å². The number of benzene rings is 2. The molecular formula is C16H16N2O2S. The van der Waals surface area contributed by atoms with Crippen LogP contribution in [0.2, 0.25) is 0 Å². The van der Waals surface area contributed by atoms with Crippen LogP contribution in [-0.4, -0.2) is 25.1 Å². The van der Waals surface area contributed by atoms with Gasteiger partial charge in [-0.15, -0.1) is 0 Å². The molecule has 2 aromatic carbocycles. The van der Waals surface area contributed by atoms with E-state index in [2.05, 4.69) is 4.98 Å². The highest BCUT2D eigenvalue weighted by Crippen LogP contribution is 2.18. The maximum absolute atomic E-state index is 11.4.